The fraction of sp³-hybridized carbons (Fsp3) is 0.571. The van der Waals surface area contributed by atoms with Gasteiger partial charge in [0.25, 0.3) is 0 Å². The molecule has 2 unspecified atom stereocenters. The van der Waals surface area contributed by atoms with Crippen LogP contribution in [0.4, 0.5) is 0 Å². The van der Waals surface area contributed by atoms with Gasteiger partial charge in [-0.05, 0) is 43.9 Å². The quantitative estimate of drug-likeness (QED) is 0.865. The van der Waals surface area contributed by atoms with Crippen molar-refractivity contribution in [3.8, 4) is 0 Å². The first-order chi connectivity index (χ1) is 7.56. The van der Waals surface area contributed by atoms with Crippen LogP contribution in [0.25, 0.3) is 0 Å². The Kier molecular flexibility index (Phi) is 5.50. The molecule has 0 fully saturated rings. The van der Waals surface area contributed by atoms with Gasteiger partial charge in [-0.1, -0.05) is 48.0 Å². The van der Waals surface area contributed by atoms with Crippen LogP contribution in [-0.4, -0.2) is 13.1 Å². The van der Waals surface area contributed by atoms with Crippen LogP contribution < -0.4 is 5.32 Å². The topological polar surface area (TPSA) is 12.0 Å². The Bertz CT molecular complexity index is 322. The highest BCUT2D eigenvalue weighted by atomic mass is 79.9. The number of hydrogen-bond acceptors (Lipinski definition) is 1. The lowest BCUT2D eigenvalue weighted by molar-refractivity contribution is 0.300. The van der Waals surface area contributed by atoms with Crippen LogP contribution in [0.5, 0.6) is 0 Å². The van der Waals surface area contributed by atoms with E-state index in [0.717, 1.165) is 6.42 Å². The number of halogens is 1. The van der Waals surface area contributed by atoms with E-state index in [1.54, 1.807) is 0 Å². The van der Waals surface area contributed by atoms with Crippen molar-refractivity contribution >= 4 is 15.9 Å². The van der Waals surface area contributed by atoms with Crippen molar-refractivity contribution in [2.24, 2.45) is 11.8 Å². The molecule has 1 aromatic carbocycles. The molecule has 0 saturated carbocycles. The molecule has 1 nitrogen and oxygen atoms in total. The average Bonchev–Trinajstić information content (AvgIpc) is 2.26. The Morgan fingerprint density at radius 2 is 1.81 bits per heavy atom. The molecule has 90 valence electrons. The highest BCUT2D eigenvalue weighted by Crippen LogP contribution is 2.25. The second-order valence-electron chi connectivity index (χ2n) is 4.78. The van der Waals surface area contributed by atoms with E-state index in [4.69, 9.17) is 0 Å². The summed E-state index contributed by atoms with van der Waals surface area (Å²) < 4.78 is 1.23. The summed E-state index contributed by atoms with van der Waals surface area (Å²) in [4.78, 5) is 0. The summed E-state index contributed by atoms with van der Waals surface area (Å²) in [5, 5.41) is 3.37. The van der Waals surface area contributed by atoms with Gasteiger partial charge in [-0.15, -0.1) is 0 Å². The van der Waals surface area contributed by atoms with Crippen LogP contribution in [0.15, 0.2) is 28.7 Å². The van der Waals surface area contributed by atoms with Gasteiger partial charge in [-0.3, -0.25) is 0 Å². The summed E-state index contributed by atoms with van der Waals surface area (Å²) in [7, 11) is 2.04. The van der Waals surface area contributed by atoms with Gasteiger partial charge in [0.15, 0.2) is 0 Å². The maximum atomic E-state index is 3.62. The minimum Gasteiger partial charge on any atom is -0.317 e. The standard InChI is InChI=1S/C14H22BrN/c1-10(2)13(11(3)16-4)9-12-7-5-6-8-14(12)15/h5-8,10-11,13,16H,9H2,1-4H3. The van der Waals surface area contributed by atoms with Gasteiger partial charge in [-0.2, -0.15) is 0 Å². The van der Waals surface area contributed by atoms with Crippen molar-refractivity contribution in [2.45, 2.75) is 33.2 Å². The Morgan fingerprint density at radius 1 is 1.19 bits per heavy atom. The van der Waals surface area contributed by atoms with E-state index in [0.29, 0.717) is 17.9 Å². The van der Waals surface area contributed by atoms with Crippen molar-refractivity contribution in [3.05, 3.63) is 34.3 Å². The Morgan fingerprint density at radius 3 is 2.31 bits per heavy atom. The summed E-state index contributed by atoms with van der Waals surface area (Å²) in [6, 6.07) is 9.06. The molecule has 1 aromatic rings. The first kappa shape index (κ1) is 13.7. The lowest BCUT2D eigenvalue weighted by Gasteiger charge is -2.27. The third-order valence-electron chi connectivity index (χ3n) is 3.37. The van der Waals surface area contributed by atoms with Crippen molar-refractivity contribution in [3.63, 3.8) is 0 Å². The molecule has 0 radical (unpaired) electrons. The van der Waals surface area contributed by atoms with E-state index in [1.807, 2.05) is 7.05 Å². The van der Waals surface area contributed by atoms with Gasteiger partial charge in [0.2, 0.25) is 0 Å². The zero-order valence-corrected chi connectivity index (χ0v) is 12.2. The van der Waals surface area contributed by atoms with E-state index in [2.05, 4.69) is 66.3 Å². The molecule has 2 heteroatoms. The normalized spacial score (nSPS) is 15.1. The van der Waals surface area contributed by atoms with Crippen LogP contribution in [-0.2, 0) is 6.42 Å². The zero-order chi connectivity index (χ0) is 12.1. The molecule has 0 saturated heterocycles. The van der Waals surface area contributed by atoms with E-state index in [9.17, 15) is 0 Å². The number of nitrogens with one attached hydrogen (secondary N) is 1. The maximum Gasteiger partial charge on any atom is 0.0207 e. The van der Waals surface area contributed by atoms with E-state index >= 15 is 0 Å². The maximum absolute atomic E-state index is 3.62. The summed E-state index contributed by atoms with van der Waals surface area (Å²) in [6.45, 7) is 6.87. The van der Waals surface area contributed by atoms with Crippen molar-refractivity contribution < 1.29 is 0 Å². The number of rotatable bonds is 5. The monoisotopic (exact) mass is 283 g/mol. The van der Waals surface area contributed by atoms with Gasteiger partial charge in [-0.25, -0.2) is 0 Å². The smallest absolute Gasteiger partial charge is 0.0207 e. The highest BCUT2D eigenvalue weighted by Gasteiger charge is 2.20. The van der Waals surface area contributed by atoms with Crippen LogP contribution >= 0.6 is 15.9 Å². The largest absolute Gasteiger partial charge is 0.317 e. The Hall–Kier alpha value is -0.340. The van der Waals surface area contributed by atoms with E-state index in [-0.39, 0.29) is 0 Å². The minimum atomic E-state index is 0.548. The van der Waals surface area contributed by atoms with Gasteiger partial charge in [0.1, 0.15) is 0 Å². The second kappa shape index (κ2) is 6.41. The predicted octanol–water partition coefficient (Wildman–Crippen LogP) is 3.87. The SMILES string of the molecule is CNC(C)C(Cc1ccccc1Br)C(C)C. The lowest BCUT2D eigenvalue weighted by atomic mass is 9.84. The average molecular weight is 284 g/mol. The first-order valence-corrected chi connectivity index (χ1v) is 6.76. The molecule has 0 aromatic heterocycles. The summed E-state index contributed by atoms with van der Waals surface area (Å²) in [5.74, 6) is 1.36. The van der Waals surface area contributed by atoms with Gasteiger partial charge < -0.3 is 5.32 Å². The third-order valence-corrected chi connectivity index (χ3v) is 4.14. The van der Waals surface area contributed by atoms with Crippen LogP contribution in [0.3, 0.4) is 0 Å². The lowest BCUT2D eigenvalue weighted by Crippen LogP contribution is -2.35. The molecule has 0 aliphatic heterocycles. The Balaban J connectivity index is 2.80. The molecular formula is C14H22BrN. The summed E-state index contributed by atoms with van der Waals surface area (Å²) in [6.07, 6.45) is 1.13. The van der Waals surface area contributed by atoms with Crippen molar-refractivity contribution in [2.75, 3.05) is 7.05 Å². The molecule has 1 N–H and O–H groups in total. The molecule has 0 aliphatic rings. The van der Waals surface area contributed by atoms with Crippen molar-refractivity contribution in [1.82, 2.24) is 5.32 Å². The Labute approximate surface area is 108 Å². The minimum absolute atomic E-state index is 0.548. The first-order valence-electron chi connectivity index (χ1n) is 5.97. The molecule has 1 rings (SSSR count). The number of benzene rings is 1. The second-order valence-corrected chi connectivity index (χ2v) is 5.64. The number of hydrogen-bond donors (Lipinski definition) is 1. The highest BCUT2D eigenvalue weighted by molar-refractivity contribution is 9.10. The molecule has 0 heterocycles. The molecular weight excluding hydrogens is 262 g/mol. The zero-order valence-electron chi connectivity index (χ0n) is 10.6. The van der Waals surface area contributed by atoms with Crippen LogP contribution in [0.1, 0.15) is 26.3 Å². The van der Waals surface area contributed by atoms with Gasteiger partial charge in [0, 0.05) is 10.5 Å². The predicted molar refractivity (Wildman–Crippen MR) is 74.7 cm³/mol. The van der Waals surface area contributed by atoms with Gasteiger partial charge in [0.05, 0.1) is 0 Å². The third kappa shape index (κ3) is 3.60. The summed E-state index contributed by atoms with van der Waals surface area (Å²) >= 11 is 3.62. The van der Waals surface area contributed by atoms with Gasteiger partial charge >= 0.3 is 0 Å². The fourth-order valence-electron chi connectivity index (χ4n) is 2.12. The molecule has 0 bridgehead atoms. The van der Waals surface area contributed by atoms with Crippen LogP contribution in [0, 0.1) is 11.8 Å². The van der Waals surface area contributed by atoms with Crippen LogP contribution in [0.2, 0.25) is 0 Å². The molecule has 16 heavy (non-hydrogen) atoms. The van der Waals surface area contributed by atoms with Crippen molar-refractivity contribution in [1.29, 1.82) is 0 Å². The molecule has 2 atom stereocenters. The van der Waals surface area contributed by atoms with E-state index < -0.39 is 0 Å². The molecule has 0 aliphatic carbocycles. The molecule has 0 spiro atoms. The summed E-state index contributed by atoms with van der Waals surface area (Å²) in [5.41, 5.74) is 1.41. The van der Waals surface area contributed by atoms with E-state index in [1.165, 1.54) is 10.0 Å². The fourth-order valence-corrected chi connectivity index (χ4v) is 2.57. The molecule has 0 amide bonds.